The van der Waals surface area contributed by atoms with Gasteiger partial charge in [-0.1, -0.05) is 44.7 Å². The summed E-state index contributed by atoms with van der Waals surface area (Å²) in [5, 5.41) is 3.86. The number of fused-ring (bicyclic) bond motifs is 2. The van der Waals surface area contributed by atoms with Gasteiger partial charge >= 0.3 is 0 Å². The Kier molecular flexibility index (Phi) is 5.40. The molecule has 33 heavy (non-hydrogen) atoms. The predicted octanol–water partition coefficient (Wildman–Crippen LogP) is 4.79. The maximum Gasteiger partial charge on any atom is 0.278 e. The molecule has 0 radical (unpaired) electrons. The Balaban J connectivity index is 1.80. The molecular weight excluding hydrogens is 414 g/mol. The molecular formula is C27H33N3O3. The van der Waals surface area contributed by atoms with Gasteiger partial charge in [0.05, 0.1) is 5.60 Å². The molecule has 6 nitrogen and oxygen atoms in total. The number of aromatic nitrogens is 1. The van der Waals surface area contributed by atoms with Crippen molar-refractivity contribution in [1.29, 1.82) is 0 Å². The van der Waals surface area contributed by atoms with Crippen molar-refractivity contribution < 1.29 is 14.3 Å². The molecule has 1 aromatic heterocycles. The number of piperazine rings is 1. The Bertz CT molecular complexity index is 1200. The third-order valence-corrected chi connectivity index (χ3v) is 7.05. The van der Waals surface area contributed by atoms with Gasteiger partial charge in [0.2, 0.25) is 5.72 Å². The summed E-state index contributed by atoms with van der Waals surface area (Å²) in [6, 6.07) is 7.94. The van der Waals surface area contributed by atoms with Crippen LogP contribution in [0, 0.1) is 0 Å². The molecule has 0 bridgehead atoms. The summed E-state index contributed by atoms with van der Waals surface area (Å²) in [4.78, 5) is 32.1. The van der Waals surface area contributed by atoms with Gasteiger partial charge in [0.1, 0.15) is 5.70 Å². The molecule has 3 heterocycles. The van der Waals surface area contributed by atoms with Crippen molar-refractivity contribution in [2.24, 2.45) is 0 Å². The van der Waals surface area contributed by atoms with E-state index in [1.165, 1.54) is 0 Å². The third kappa shape index (κ3) is 3.62. The van der Waals surface area contributed by atoms with Gasteiger partial charge in [-0.25, -0.2) is 0 Å². The van der Waals surface area contributed by atoms with E-state index < -0.39 is 11.3 Å². The van der Waals surface area contributed by atoms with Crippen molar-refractivity contribution in [2.45, 2.75) is 64.2 Å². The Hall–Kier alpha value is -3.12. The van der Waals surface area contributed by atoms with Crippen molar-refractivity contribution in [2.75, 3.05) is 6.54 Å². The molecule has 2 N–H and O–H groups in total. The highest BCUT2D eigenvalue weighted by atomic mass is 16.5. The third-order valence-electron chi connectivity index (χ3n) is 7.05. The van der Waals surface area contributed by atoms with Crippen molar-refractivity contribution in [1.82, 2.24) is 15.2 Å². The fourth-order valence-electron chi connectivity index (χ4n) is 4.54. The van der Waals surface area contributed by atoms with Crippen LogP contribution in [0.25, 0.3) is 17.0 Å². The molecule has 2 aliphatic rings. The average Bonchev–Trinajstić information content (AvgIpc) is 3.35. The average molecular weight is 448 g/mol. The van der Waals surface area contributed by atoms with Gasteiger partial charge in [-0.2, -0.15) is 0 Å². The van der Waals surface area contributed by atoms with Crippen LogP contribution in [0.5, 0.6) is 0 Å². The first-order valence-electron chi connectivity index (χ1n) is 11.4. The zero-order valence-corrected chi connectivity index (χ0v) is 20.2. The van der Waals surface area contributed by atoms with E-state index >= 15 is 0 Å². The highest BCUT2D eigenvalue weighted by Crippen LogP contribution is 2.41. The Morgan fingerprint density at radius 3 is 2.58 bits per heavy atom. The van der Waals surface area contributed by atoms with Crippen LogP contribution in [0.15, 0.2) is 54.8 Å². The van der Waals surface area contributed by atoms with Crippen molar-refractivity contribution >= 4 is 28.8 Å². The Morgan fingerprint density at radius 2 is 1.91 bits per heavy atom. The van der Waals surface area contributed by atoms with Crippen LogP contribution in [0.3, 0.4) is 0 Å². The van der Waals surface area contributed by atoms with E-state index in [2.05, 4.69) is 37.3 Å². The SMILES string of the molecule is C=CC(C)(C)c1[nH]c2ccccc2c1C=C1NC(=O)[C@@]2(OC(C)(C)C(=C)C)CCCN2C1=O. The van der Waals surface area contributed by atoms with E-state index in [0.29, 0.717) is 19.4 Å². The van der Waals surface area contributed by atoms with E-state index in [0.717, 1.165) is 27.7 Å². The Morgan fingerprint density at radius 1 is 1.21 bits per heavy atom. The van der Waals surface area contributed by atoms with Gasteiger partial charge in [-0.15, -0.1) is 6.58 Å². The van der Waals surface area contributed by atoms with Crippen LogP contribution < -0.4 is 5.32 Å². The van der Waals surface area contributed by atoms with Gasteiger partial charge in [-0.05, 0) is 44.9 Å². The number of allylic oxidation sites excluding steroid dienone is 1. The summed E-state index contributed by atoms with van der Waals surface area (Å²) < 4.78 is 6.33. The lowest BCUT2D eigenvalue weighted by Gasteiger charge is -2.45. The number of carbonyl (C=O) groups is 2. The van der Waals surface area contributed by atoms with Gasteiger partial charge in [-0.3, -0.25) is 9.59 Å². The van der Waals surface area contributed by atoms with Gasteiger partial charge < -0.3 is 19.9 Å². The lowest BCUT2D eigenvalue weighted by atomic mass is 9.86. The summed E-state index contributed by atoms with van der Waals surface area (Å²) in [6.07, 6.45) is 4.81. The van der Waals surface area contributed by atoms with Crippen LogP contribution in [0.1, 0.15) is 58.7 Å². The van der Waals surface area contributed by atoms with E-state index in [1.807, 2.05) is 51.1 Å². The van der Waals surface area contributed by atoms with E-state index in [1.54, 1.807) is 11.0 Å². The van der Waals surface area contributed by atoms with Crippen molar-refractivity contribution in [3.8, 4) is 0 Å². The minimum atomic E-state index is -1.32. The molecule has 0 spiro atoms. The lowest BCUT2D eigenvalue weighted by Crippen LogP contribution is -2.66. The number of benzene rings is 1. The molecule has 6 heteroatoms. The zero-order valence-electron chi connectivity index (χ0n) is 20.2. The molecule has 0 unspecified atom stereocenters. The number of rotatable bonds is 6. The van der Waals surface area contributed by atoms with Crippen LogP contribution >= 0.6 is 0 Å². The van der Waals surface area contributed by atoms with Crippen molar-refractivity contribution in [3.63, 3.8) is 0 Å². The molecule has 0 saturated carbocycles. The van der Waals surface area contributed by atoms with Gasteiger partial charge in [0.15, 0.2) is 0 Å². The van der Waals surface area contributed by atoms with E-state index in [9.17, 15) is 9.59 Å². The zero-order chi connectivity index (χ0) is 24.2. The van der Waals surface area contributed by atoms with Gasteiger partial charge in [0.25, 0.3) is 11.8 Å². The number of carbonyl (C=O) groups excluding carboxylic acids is 2. The first-order valence-corrected chi connectivity index (χ1v) is 11.4. The number of nitrogens with one attached hydrogen (secondary N) is 2. The Labute approximate surface area is 195 Å². The fourth-order valence-corrected chi connectivity index (χ4v) is 4.54. The molecule has 2 amide bonds. The summed E-state index contributed by atoms with van der Waals surface area (Å²) in [7, 11) is 0. The molecule has 4 rings (SSSR count). The second-order valence-electron chi connectivity index (χ2n) is 10.1. The molecule has 0 aliphatic carbocycles. The highest BCUT2D eigenvalue weighted by Gasteiger charge is 2.57. The standard InChI is InChI=1S/C27H33N3O3/c1-8-25(4,5)22-19(18-12-9-10-13-20(18)28-22)16-21-23(31)30-15-11-14-27(30,24(32)29-21)33-26(6,7)17(2)3/h8-10,12-13,16,28H,1-2,11,14-15H2,3-7H3,(H,29,32)/t27-/m0/s1. The highest BCUT2D eigenvalue weighted by molar-refractivity contribution is 6.10. The smallest absolute Gasteiger partial charge is 0.278 e. The largest absolute Gasteiger partial charge is 0.357 e. The molecule has 174 valence electrons. The van der Waals surface area contributed by atoms with Crippen LogP contribution in [0.2, 0.25) is 0 Å². The summed E-state index contributed by atoms with van der Waals surface area (Å²) in [6.45, 7) is 18.2. The quantitative estimate of drug-likeness (QED) is 0.494. The number of hydrogen-bond acceptors (Lipinski definition) is 3. The first kappa shape index (κ1) is 23.1. The second-order valence-corrected chi connectivity index (χ2v) is 10.1. The normalized spacial score (nSPS) is 22.6. The van der Waals surface area contributed by atoms with Crippen LogP contribution in [-0.2, 0) is 19.7 Å². The molecule has 2 aliphatic heterocycles. The van der Waals surface area contributed by atoms with Crippen LogP contribution in [-0.4, -0.2) is 39.6 Å². The molecule has 2 saturated heterocycles. The number of amides is 2. The monoisotopic (exact) mass is 447 g/mol. The molecule has 1 aromatic carbocycles. The fraction of sp³-hybridized carbons (Fsp3) is 0.407. The molecule has 2 aromatic rings. The number of para-hydroxylation sites is 1. The van der Waals surface area contributed by atoms with Crippen molar-refractivity contribution in [3.05, 3.63) is 66.0 Å². The summed E-state index contributed by atoms with van der Waals surface area (Å²) >= 11 is 0. The number of nitrogens with zero attached hydrogens (tertiary/aromatic N) is 1. The topological polar surface area (TPSA) is 74.4 Å². The van der Waals surface area contributed by atoms with Gasteiger partial charge in [0, 0.05) is 40.5 Å². The maximum absolute atomic E-state index is 13.6. The van der Waals surface area contributed by atoms with E-state index in [4.69, 9.17) is 4.74 Å². The minimum Gasteiger partial charge on any atom is -0.357 e. The molecule has 1 atom stereocenters. The number of ether oxygens (including phenoxy) is 1. The van der Waals surface area contributed by atoms with Crippen LogP contribution in [0.4, 0.5) is 0 Å². The first-order chi connectivity index (χ1) is 15.4. The predicted molar refractivity (Wildman–Crippen MR) is 131 cm³/mol. The number of H-pyrrole nitrogens is 1. The number of hydrogen-bond donors (Lipinski definition) is 2. The number of aromatic amines is 1. The minimum absolute atomic E-state index is 0.239. The maximum atomic E-state index is 13.6. The lowest BCUT2D eigenvalue weighted by molar-refractivity contribution is -0.204. The summed E-state index contributed by atoms with van der Waals surface area (Å²) in [5.41, 5.74) is 1.38. The summed E-state index contributed by atoms with van der Waals surface area (Å²) in [5.74, 6) is -0.554. The van der Waals surface area contributed by atoms with E-state index in [-0.39, 0.29) is 22.9 Å². The second kappa shape index (κ2) is 7.73. The molecule has 2 fully saturated rings.